The van der Waals surface area contributed by atoms with Crippen molar-refractivity contribution in [3.05, 3.63) is 82.7 Å². The van der Waals surface area contributed by atoms with Crippen LogP contribution in [-0.2, 0) is 6.42 Å². The molecule has 1 saturated carbocycles. The summed E-state index contributed by atoms with van der Waals surface area (Å²) in [5.74, 6) is 7.58. The molecule has 33 heavy (non-hydrogen) atoms. The first-order valence-electron chi connectivity index (χ1n) is 13.0. The minimum atomic E-state index is -0.206. The Morgan fingerprint density at radius 1 is 0.818 bits per heavy atom. The van der Waals surface area contributed by atoms with E-state index in [4.69, 9.17) is 0 Å². The van der Waals surface area contributed by atoms with Crippen molar-refractivity contribution in [2.24, 2.45) is 5.92 Å². The standard InChI is InChI=1S/C32H37F/c1-3-4-5-6-7-8-26-14-22-31-30(23-26)21-20-29(32(31)33)19-13-25-11-17-28(18-12-25)27-15-9-24(2)10-16-27/h11-12,14,17-18,20-24,27H,3-10,15-16H2,1-2H3. The number of aryl methyl sites for hydroxylation is 1. The second-order valence-corrected chi connectivity index (χ2v) is 9.98. The summed E-state index contributed by atoms with van der Waals surface area (Å²) in [5.41, 5.74) is 4.14. The van der Waals surface area contributed by atoms with Crippen LogP contribution in [-0.4, -0.2) is 0 Å². The third-order valence-electron chi connectivity index (χ3n) is 7.33. The van der Waals surface area contributed by atoms with Crippen molar-refractivity contribution in [1.82, 2.24) is 0 Å². The van der Waals surface area contributed by atoms with Gasteiger partial charge in [-0.05, 0) is 72.2 Å². The van der Waals surface area contributed by atoms with Crippen molar-refractivity contribution in [3.63, 3.8) is 0 Å². The van der Waals surface area contributed by atoms with Crippen molar-refractivity contribution in [1.29, 1.82) is 0 Å². The zero-order valence-electron chi connectivity index (χ0n) is 20.3. The van der Waals surface area contributed by atoms with Crippen LogP contribution in [0.4, 0.5) is 4.39 Å². The SMILES string of the molecule is CCCCCCCc1ccc2c(F)c(C#Cc3ccc(C4CCC(C)CC4)cc3)ccc2c1. The fourth-order valence-corrected chi connectivity index (χ4v) is 5.10. The zero-order valence-corrected chi connectivity index (χ0v) is 20.3. The Balaban J connectivity index is 1.42. The topological polar surface area (TPSA) is 0 Å². The fourth-order valence-electron chi connectivity index (χ4n) is 5.10. The number of benzene rings is 3. The molecule has 0 atom stereocenters. The van der Waals surface area contributed by atoms with Gasteiger partial charge in [-0.2, -0.15) is 0 Å². The maximum Gasteiger partial charge on any atom is 0.146 e. The van der Waals surface area contributed by atoms with Gasteiger partial charge in [-0.3, -0.25) is 0 Å². The summed E-state index contributed by atoms with van der Waals surface area (Å²) >= 11 is 0. The van der Waals surface area contributed by atoms with Gasteiger partial charge >= 0.3 is 0 Å². The molecule has 0 radical (unpaired) electrons. The first-order chi connectivity index (χ1) is 16.1. The van der Waals surface area contributed by atoms with Crippen LogP contribution in [0, 0.1) is 23.6 Å². The highest BCUT2D eigenvalue weighted by Crippen LogP contribution is 2.35. The van der Waals surface area contributed by atoms with Crippen molar-refractivity contribution < 1.29 is 4.39 Å². The Bertz CT molecular complexity index is 1100. The average molecular weight is 441 g/mol. The summed E-state index contributed by atoms with van der Waals surface area (Å²) in [6.07, 6.45) is 12.7. The Morgan fingerprint density at radius 2 is 1.58 bits per heavy atom. The number of unbranched alkanes of at least 4 members (excludes halogenated alkanes) is 4. The molecule has 0 saturated heterocycles. The molecule has 4 rings (SSSR count). The van der Waals surface area contributed by atoms with Gasteiger partial charge < -0.3 is 0 Å². The highest BCUT2D eigenvalue weighted by molar-refractivity contribution is 5.85. The monoisotopic (exact) mass is 440 g/mol. The van der Waals surface area contributed by atoms with E-state index in [1.807, 2.05) is 18.2 Å². The van der Waals surface area contributed by atoms with Gasteiger partial charge in [-0.1, -0.05) is 101 Å². The molecule has 0 amide bonds. The molecule has 0 nitrogen and oxygen atoms in total. The lowest BCUT2D eigenvalue weighted by atomic mass is 9.79. The number of hydrogen-bond donors (Lipinski definition) is 0. The van der Waals surface area contributed by atoms with E-state index in [1.165, 1.54) is 68.9 Å². The largest absolute Gasteiger partial charge is 0.205 e. The Kier molecular flexibility index (Phi) is 8.22. The van der Waals surface area contributed by atoms with E-state index in [0.717, 1.165) is 23.3 Å². The third kappa shape index (κ3) is 6.26. The zero-order chi connectivity index (χ0) is 23.0. The maximum absolute atomic E-state index is 15.1. The molecule has 0 aromatic heterocycles. The molecule has 0 bridgehead atoms. The number of halogens is 1. The first kappa shape index (κ1) is 23.6. The summed E-state index contributed by atoms with van der Waals surface area (Å²) in [7, 11) is 0. The fraction of sp³-hybridized carbons (Fsp3) is 0.438. The summed E-state index contributed by atoms with van der Waals surface area (Å²) in [4.78, 5) is 0. The minimum Gasteiger partial charge on any atom is -0.205 e. The van der Waals surface area contributed by atoms with Crippen molar-refractivity contribution in [2.75, 3.05) is 0 Å². The quantitative estimate of drug-likeness (QED) is 0.254. The van der Waals surface area contributed by atoms with Gasteiger partial charge in [0.05, 0.1) is 5.56 Å². The summed E-state index contributed by atoms with van der Waals surface area (Å²) < 4.78 is 15.1. The van der Waals surface area contributed by atoms with Crippen LogP contribution in [0.1, 0.15) is 99.8 Å². The molecule has 0 N–H and O–H groups in total. The molecule has 0 heterocycles. The predicted molar refractivity (Wildman–Crippen MR) is 139 cm³/mol. The molecule has 0 aliphatic heterocycles. The van der Waals surface area contributed by atoms with Crippen molar-refractivity contribution in [2.45, 2.75) is 84.0 Å². The van der Waals surface area contributed by atoms with Gasteiger partial charge in [0.15, 0.2) is 0 Å². The summed E-state index contributed by atoms with van der Waals surface area (Å²) in [6.45, 7) is 4.60. The van der Waals surface area contributed by atoms with E-state index >= 15 is 4.39 Å². The van der Waals surface area contributed by atoms with Crippen LogP contribution in [0.2, 0.25) is 0 Å². The molecule has 0 unspecified atom stereocenters. The van der Waals surface area contributed by atoms with E-state index in [-0.39, 0.29) is 5.82 Å². The molecule has 3 aromatic carbocycles. The molecule has 1 aliphatic rings. The Morgan fingerprint density at radius 3 is 2.33 bits per heavy atom. The van der Waals surface area contributed by atoms with Gasteiger partial charge in [-0.25, -0.2) is 4.39 Å². The van der Waals surface area contributed by atoms with Crippen LogP contribution in [0.15, 0.2) is 54.6 Å². The highest BCUT2D eigenvalue weighted by atomic mass is 19.1. The summed E-state index contributed by atoms with van der Waals surface area (Å²) in [5, 5.41) is 1.63. The lowest BCUT2D eigenvalue weighted by Crippen LogP contribution is -2.10. The number of hydrogen-bond acceptors (Lipinski definition) is 0. The number of fused-ring (bicyclic) bond motifs is 1. The summed E-state index contributed by atoms with van der Waals surface area (Å²) in [6, 6.07) is 18.6. The Labute approximate surface area is 199 Å². The third-order valence-corrected chi connectivity index (χ3v) is 7.33. The lowest BCUT2D eigenvalue weighted by molar-refractivity contribution is 0.348. The number of rotatable bonds is 7. The molecule has 1 fully saturated rings. The van der Waals surface area contributed by atoms with Crippen molar-refractivity contribution >= 4 is 10.8 Å². The van der Waals surface area contributed by atoms with Gasteiger partial charge in [0.2, 0.25) is 0 Å². The van der Waals surface area contributed by atoms with E-state index in [9.17, 15) is 0 Å². The average Bonchev–Trinajstić information content (AvgIpc) is 2.84. The molecule has 3 aromatic rings. The second kappa shape index (κ2) is 11.5. The van der Waals surface area contributed by atoms with Gasteiger partial charge in [-0.15, -0.1) is 0 Å². The molecular weight excluding hydrogens is 403 g/mol. The van der Waals surface area contributed by atoms with Gasteiger partial charge in [0, 0.05) is 10.9 Å². The maximum atomic E-state index is 15.1. The normalized spacial score (nSPS) is 18.2. The van der Waals surface area contributed by atoms with Crippen LogP contribution >= 0.6 is 0 Å². The van der Waals surface area contributed by atoms with E-state index < -0.39 is 0 Å². The molecular formula is C32H37F. The van der Waals surface area contributed by atoms with Gasteiger partial charge in [0.25, 0.3) is 0 Å². The van der Waals surface area contributed by atoms with Crippen molar-refractivity contribution in [3.8, 4) is 11.8 Å². The van der Waals surface area contributed by atoms with E-state index in [2.05, 4.69) is 62.1 Å². The molecule has 0 spiro atoms. The lowest BCUT2D eigenvalue weighted by Gasteiger charge is -2.26. The Hall–Kier alpha value is -2.59. The van der Waals surface area contributed by atoms with Crippen LogP contribution in [0.5, 0.6) is 0 Å². The first-order valence-corrected chi connectivity index (χ1v) is 13.0. The highest BCUT2D eigenvalue weighted by Gasteiger charge is 2.19. The smallest absolute Gasteiger partial charge is 0.146 e. The second-order valence-electron chi connectivity index (χ2n) is 9.98. The van der Waals surface area contributed by atoms with Crippen LogP contribution in [0.25, 0.3) is 10.8 Å². The van der Waals surface area contributed by atoms with E-state index in [0.29, 0.717) is 16.9 Å². The van der Waals surface area contributed by atoms with Gasteiger partial charge in [0.1, 0.15) is 5.82 Å². The van der Waals surface area contributed by atoms with E-state index in [1.54, 1.807) is 0 Å². The molecule has 172 valence electrons. The predicted octanol–water partition coefficient (Wildman–Crippen LogP) is 9.19. The van der Waals surface area contributed by atoms with Crippen LogP contribution < -0.4 is 0 Å². The molecule has 1 heteroatoms. The molecule has 1 aliphatic carbocycles. The minimum absolute atomic E-state index is 0.206. The van der Waals surface area contributed by atoms with Crippen LogP contribution in [0.3, 0.4) is 0 Å².